The number of benzene rings is 1. The average Bonchev–Trinajstić information content (AvgIpc) is 2.48. The highest BCUT2D eigenvalue weighted by Gasteiger charge is 2.32. The van der Waals surface area contributed by atoms with E-state index in [1.165, 1.54) is 12.5 Å². The Labute approximate surface area is 127 Å². The maximum absolute atomic E-state index is 14.1. The quantitative estimate of drug-likeness (QED) is 0.721. The van der Waals surface area contributed by atoms with E-state index in [9.17, 15) is 9.18 Å². The lowest BCUT2D eigenvalue weighted by Gasteiger charge is -2.29. The first kappa shape index (κ1) is 15.6. The third kappa shape index (κ3) is 3.47. The van der Waals surface area contributed by atoms with E-state index < -0.39 is 11.9 Å². The van der Waals surface area contributed by atoms with Gasteiger partial charge in [-0.2, -0.15) is 0 Å². The number of ether oxygens (including phenoxy) is 1. The Balaban J connectivity index is 2.23. The van der Waals surface area contributed by atoms with Crippen LogP contribution in [0, 0.1) is 11.7 Å². The predicted molar refractivity (Wildman–Crippen MR) is 80.4 cm³/mol. The first-order valence-corrected chi connectivity index (χ1v) is 8.04. The summed E-state index contributed by atoms with van der Waals surface area (Å²) in [5.74, 6) is -0.495. The summed E-state index contributed by atoms with van der Waals surface area (Å²) >= 11 is 3.13. The molecule has 1 atom stereocenters. The highest BCUT2D eigenvalue weighted by molar-refractivity contribution is 9.10. The molecule has 2 rings (SSSR count). The van der Waals surface area contributed by atoms with Gasteiger partial charge in [-0.25, -0.2) is 4.39 Å². The Kier molecular flexibility index (Phi) is 5.73. The van der Waals surface area contributed by atoms with Gasteiger partial charge >= 0.3 is 0 Å². The molecule has 110 valence electrons. The Morgan fingerprint density at radius 2 is 2.10 bits per heavy atom. The van der Waals surface area contributed by atoms with E-state index in [1.54, 1.807) is 12.1 Å². The molecule has 1 saturated carbocycles. The largest absolute Gasteiger partial charge is 0.370 e. The molecule has 1 aromatic carbocycles. The molecule has 0 aliphatic heterocycles. The molecule has 1 aromatic rings. The van der Waals surface area contributed by atoms with Crippen molar-refractivity contribution >= 4 is 21.7 Å². The van der Waals surface area contributed by atoms with Crippen LogP contribution in [0.15, 0.2) is 22.7 Å². The van der Waals surface area contributed by atoms with Gasteiger partial charge in [-0.15, -0.1) is 0 Å². The summed E-state index contributed by atoms with van der Waals surface area (Å²) in [6.07, 6.45) is 4.95. The van der Waals surface area contributed by atoms with E-state index in [0.717, 1.165) is 25.7 Å². The molecule has 1 aliphatic carbocycles. The molecule has 4 heteroatoms. The van der Waals surface area contributed by atoms with Crippen molar-refractivity contribution in [3.8, 4) is 0 Å². The predicted octanol–water partition coefficient (Wildman–Crippen LogP) is 4.76. The molecule has 0 spiro atoms. The molecule has 0 radical (unpaired) electrons. The van der Waals surface area contributed by atoms with Crippen molar-refractivity contribution in [3.63, 3.8) is 0 Å². The zero-order valence-corrected chi connectivity index (χ0v) is 13.3. The maximum atomic E-state index is 14.1. The third-order valence-electron chi connectivity index (χ3n) is 3.90. The van der Waals surface area contributed by atoms with Gasteiger partial charge in [0.15, 0.2) is 5.78 Å². The Bertz CT molecular complexity index is 470. The lowest BCUT2D eigenvalue weighted by molar-refractivity contribution is 0.0124. The van der Waals surface area contributed by atoms with Crippen molar-refractivity contribution in [2.75, 3.05) is 6.61 Å². The summed E-state index contributed by atoms with van der Waals surface area (Å²) in [7, 11) is 0. The smallest absolute Gasteiger partial charge is 0.194 e. The summed E-state index contributed by atoms with van der Waals surface area (Å²) in [5, 5.41) is 0. The van der Waals surface area contributed by atoms with Gasteiger partial charge in [0.25, 0.3) is 0 Å². The number of carbonyl (C=O) groups excluding carboxylic acids is 1. The normalized spacial score (nSPS) is 17.9. The first-order valence-electron chi connectivity index (χ1n) is 7.25. The molecule has 0 saturated heterocycles. The molecule has 0 N–H and O–H groups in total. The second-order valence-electron chi connectivity index (χ2n) is 5.24. The van der Waals surface area contributed by atoms with Crippen molar-refractivity contribution < 1.29 is 13.9 Å². The number of ketones is 1. The van der Waals surface area contributed by atoms with Gasteiger partial charge in [0.05, 0.1) is 10.0 Å². The highest BCUT2D eigenvalue weighted by Crippen LogP contribution is 2.31. The van der Waals surface area contributed by atoms with Crippen molar-refractivity contribution in [3.05, 3.63) is 34.1 Å². The van der Waals surface area contributed by atoms with Crippen LogP contribution >= 0.6 is 15.9 Å². The van der Waals surface area contributed by atoms with Crippen molar-refractivity contribution in [2.24, 2.45) is 5.92 Å². The lowest BCUT2D eigenvalue weighted by Crippen LogP contribution is -2.34. The van der Waals surface area contributed by atoms with Gasteiger partial charge in [-0.3, -0.25) is 4.79 Å². The molecular weight excluding hydrogens is 323 g/mol. The highest BCUT2D eigenvalue weighted by atomic mass is 79.9. The van der Waals surface area contributed by atoms with E-state index >= 15 is 0 Å². The van der Waals surface area contributed by atoms with Gasteiger partial charge in [-0.1, -0.05) is 25.3 Å². The van der Waals surface area contributed by atoms with Crippen LogP contribution in [-0.2, 0) is 4.74 Å². The van der Waals surface area contributed by atoms with Gasteiger partial charge < -0.3 is 4.74 Å². The SMILES string of the molecule is CCOC(C(=O)c1cccc(Br)c1F)C1CCCCC1. The molecule has 0 aromatic heterocycles. The lowest BCUT2D eigenvalue weighted by atomic mass is 9.82. The topological polar surface area (TPSA) is 26.3 Å². The Morgan fingerprint density at radius 3 is 2.75 bits per heavy atom. The fraction of sp³-hybridized carbons (Fsp3) is 0.562. The van der Waals surface area contributed by atoms with Crippen molar-refractivity contribution in [1.29, 1.82) is 0 Å². The second kappa shape index (κ2) is 7.32. The van der Waals surface area contributed by atoms with Crippen molar-refractivity contribution in [1.82, 2.24) is 0 Å². The number of hydrogen-bond acceptors (Lipinski definition) is 2. The second-order valence-corrected chi connectivity index (χ2v) is 6.09. The molecule has 1 unspecified atom stereocenters. The van der Waals surface area contributed by atoms with Gasteiger partial charge in [0, 0.05) is 6.61 Å². The average molecular weight is 343 g/mol. The molecule has 1 aliphatic rings. The molecule has 0 amide bonds. The fourth-order valence-electron chi connectivity index (χ4n) is 2.89. The molecule has 2 nitrogen and oxygen atoms in total. The van der Waals surface area contributed by atoms with Crippen molar-refractivity contribution in [2.45, 2.75) is 45.1 Å². The molecule has 20 heavy (non-hydrogen) atoms. The summed E-state index contributed by atoms with van der Waals surface area (Å²) in [4.78, 5) is 12.6. The summed E-state index contributed by atoms with van der Waals surface area (Å²) in [6, 6.07) is 4.82. The molecule has 0 heterocycles. The number of Topliss-reactive ketones (excluding diaryl/α,β-unsaturated/α-hetero) is 1. The molecular formula is C16H20BrFO2. The zero-order chi connectivity index (χ0) is 14.5. The molecule has 1 fully saturated rings. The maximum Gasteiger partial charge on any atom is 0.194 e. The minimum atomic E-state index is -0.510. The van der Waals surface area contributed by atoms with Crippen LogP contribution in [0.3, 0.4) is 0 Å². The monoisotopic (exact) mass is 342 g/mol. The number of halogens is 2. The number of carbonyl (C=O) groups is 1. The van der Waals surface area contributed by atoms with E-state index in [4.69, 9.17) is 4.74 Å². The van der Waals surface area contributed by atoms with E-state index in [2.05, 4.69) is 15.9 Å². The van der Waals surface area contributed by atoms with Gasteiger partial charge in [0.1, 0.15) is 11.9 Å². The van der Waals surface area contributed by atoms with Crippen LogP contribution in [0.1, 0.15) is 49.4 Å². The van der Waals surface area contributed by atoms with Crippen LogP contribution in [-0.4, -0.2) is 18.5 Å². The minimum Gasteiger partial charge on any atom is -0.370 e. The minimum absolute atomic E-state index is 0.128. The summed E-state index contributed by atoms with van der Waals surface area (Å²) in [5.41, 5.74) is 0.128. The zero-order valence-electron chi connectivity index (χ0n) is 11.7. The van der Waals surface area contributed by atoms with Crippen LogP contribution in [0.4, 0.5) is 4.39 Å². The summed E-state index contributed by atoms with van der Waals surface area (Å²) < 4.78 is 20.1. The summed E-state index contributed by atoms with van der Waals surface area (Å²) in [6.45, 7) is 2.35. The molecule has 0 bridgehead atoms. The van der Waals surface area contributed by atoms with Gasteiger partial charge in [-0.05, 0) is 53.7 Å². The van der Waals surface area contributed by atoms with E-state index in [0.29, 0.717) is 11.1 Å². The fourth-order valence-corrected chi connectivity index (χ4v) is 3.26. The van der Waals surface area contributed by atoms with Crippen LogP contribution in [0.25, 0.3) is 0 Å². The number of hydrogen-bond donors (Lipinski definition) is 0. The van der Waals surface area contributed by atoms with Crippen LogP contribution in [0.5, 0.6) is 0 Å². The standard InChI is InChI=1S/C16H20BrFO2/c1-2-20-16(11-7-4-3-5-8-11)15(19)12-9-6-10-13(17)14(12)18/h6,9-11,16H,2-5,7-8H2,1H3. The van der Waals surface area contributed by atoms with E-state index in [1.807, 2.05) is 6.92 Å². The Hall–Kier alpha value is -0.740. The number of rotatable bonds is 5. The first-order chi connectivity index (χ1) is 9.65. The van der Waals surface area contributed by atoms with Crippen LogP contribution in [0.2, 0.25) is 0 Å². The Morgan fingerprint density at radius 1 is 1.40 bits per heavy atom. The van der Waals surface area contributed by atoms with E-state index in [-0.39, 0.29) is 17.3 Å². The van der Waals surface area contributed by atoms with Gasteiger partial charge in [0.2, 0.25) is 0 Å². The van der Waals surface area contributed by atoms with Crippen LogP contribution < -0.4 is 0 Å². The third-order valence-corrected chi connectivity index (χ3v) is 4.51.